The molecule has 0 bridgehead atoms. The van der Waals surface area contributed by atoms with E-state index in [0.717, 1.165) is 27.8 Å². The second kappa shape index (κ2) is 10.5. The summed E-state index contributed by atoms with van der Waals surface area (Å²) in [6, 6.07) is 12.1. The maximum absolute atomic E-state index is 13.1. The van der Waals surface area contributed by atoms with Gasteiger partial charge in [-0.15, -0.1) is 0 Å². The highest BCUT2D eigenvalue weighted by atomic mass is 19.1. The summed E-state index contributed by atoms with van der Waals surface area (Å²) in [6.07, 6.45) is -1.18. The average molecular weight is 443 g/mol. The van der Waals surface area contributed by atoms with Crippen LogP contribution in [0.15, 0.2) is 60.2 Å². The molecule has 5 atom stereocenters. The van der Waals surface area contributed by atoms with Crippen LogP contribution >= 0.6 is 0 Å². The van der Waals surface area contributed by atoms with Gasteiger partial charge in [0.05, 0.1) is 6.61 Å². The third-order valence-corrected chi connectivity index (χ3v) is 5.98. The Kier molecular flexibility index (Phi) is 7.98. The number of aliphatic hydroxyl groups is 4. The Morgan fingerprint density at radius 2 is 1.66 bits per heavy atom. The number of aryl methyl sites for hydroxylation is 1. The molecule has 0 spiro atoms. The van der Waals surface area contributed by atoms with Gasteiger partial charge in [-0.3, -0.25) is 0 Å². The van der Waals surface area contributed by atoms with Crippen molar-refractivity contribution in [2.75, 3.05) is 6.61 Å². The maximum atomic E-state index is 13.1. The Morgan fingerprint density at radius 3 is 2.31 bits per heavy atom. The van der Waals surface area contributed by atoms with Crippen LogP contribution in [-0.2, 0) is 11.2 Å². The van der Waals surface area contributed by atoms with E-state index in [1.54, 1.807) is 12.1 Å². The third kappa shape index (κ3) is 5.52. The zero-order valence-electron chi connectivity index (χ0n) is 18.6. The van der Waals surface area contributed by atoms with Gasteiger partial charge in [0.1, 0.15) is 36.3 Å². The van der Waals surface area contributed by atoms with Gasteiger partial charge in [0.25, 0.3) is 0 Å². The molecule has 1 aliphatic heterocycles. The fourth-order valence-electron chi connectivity index (χ4n) is 3.87. The number of hydrogen-bond acceptors (Lipinski definition) is 5. The topological polar surface area (TPSA) is 90.2 Å². The first-order valence-electron chi connectivity index (χ1n) is 10.7. The number of hydrogen-bond donors (Lipinski definition) is 4. The Bertz CT molecular complexity index is 980. The molecule has 4 N–H and O–H groups in total. The van der Waals surface area contributed by atoms with Crippen LogP contribution in [0.2, 0.25) is 0 Å². The lowest BCUT2D eigenvalue weighted by Gasteiger charge is -2.40. The summed E-state index contributed by atoms with van der Waals surface area (Å²) in [7, 11) is 0. The van der Waals surface area contributed by atoms with Crippen molar-refractivity contribution < 1.29 is 29.6 Å². The van der Waals surface area contributed by atoms with Gasteiger partial charge in [-0.05, 0) is 67.2 Å². The largest absolute Gasteiger partial charge is 0.394 e. The predicted octanol–water partition coefficient (Wildman–Crippen LogP) is 3.24. The van der Waals surface area contributed by atoms with Crippen LogP contribution in [0.25, 0.3) is 5.57 Å². The van der Waals surface area contributed by atoms with Crippen molar-refractivity contribution in [1.82, 2.24) is 0 Å². The highest BCUT2D eigenvalue weighted by Gasteiger charge is 2.43. The van der Waals surface area contributed by atoms with Gasteiger partial charge in [0.15, 0.2) is 0 Å². The Balaban J connectivity index is 1.79. The minimum atomic E-state index is -1.41. The first-order valence-corrected chi connectivity index (χ1v) is 10.7. The molecule has 0 amide bonds. The van der Waals surface area contributed by atoms with Crippen molar-refractivity contribution in [1.29, 1.82) is 0 Å². The summed E-state index contributed by atoms with van der Waals surface area (Å²) in [6.45, 7) is 5.54. The SMILES string of the molecule is C/C(=C\C=C(/C)c1ccc(F)cc1)Cc1cc([C@@H]2O[C@H](CO)[C@@H](O)[C@H](O)[C@H]2O)ccc1C. The summed E-state index contributed by atoms with van der Waals surface area (Å²) in [5.41, 5.74) is 5.88. The van der Waals surface area contributed by atoms with Crippen LogP contribution in [0.5, 0.6) is 0 Å². The van der Waals surface area contributed by atoms with E-state index in [2.05, 4.69) is 0 Å². The summed E-state index contributed by atoms with van der Waals surface area (Å²) in [4.78, 5) is 0. The third-order valence-electron chi connectivity index (χ3n) is 5.98. The van der Waals surface area contributed by atoms with Crippen molar-refractivity contribution in [3.63, 3.8) is 0 Å². The van der Waals surface area contributed by atoms with E-state index in [9.17, 15) is 24.8 Å². The molecule has 2 aromatic carbocycles. The molecule has 5 nitrogen and oxygen atoms in total. The minimum Gasteiger partial charge on any atom is -0.394 e. The van der Waals surface area contributed by atoms with Crippen molar-refractivity contribution >= 4 is 5.57 Å². The van der Waals surface area contributed by atoms with Gasteiger partial charge in [0.2, 0.25) is 0 Å². The number of benzene rings is 2. The van der Waals surface area contributed by atoms with Crippen molar-refractivity contribution in [2.45, 2.75) is 57.7 Å². The summed E-state index contributed by atoms with van der Waals surface area (Å²) < 4.78 is 18.8. The second-order valence-electron chi connectivity index (χ2n) is 8.48. The van der Waals surface area contributed by atoms with E-state index in [0.29, 0.717) is 12.0 Å². The van der Waals surface area contributed by atoms with Crippen LogP contribution in [0.4, 0.5) is 4.39 Å². The smallest absolute Gasteiger partial charge is 0.123 e. The van der Waals surface area contributed by atoms with E-state index < -0.39 is 37.1 Å². The Morgan fingerprint density at radius 1 is 0.969 bits per heavy atom. The molecule has 0 unspecified atom stereocenters. The normalized spacial score (nSPS) is 26.9. The molecule has 0 aliphatic carbocycles. The van der Waals surface area contributed by atoms with Gasteiger partial charge in [-0.1, -0.05) is 48.1 Å². The fraction of sp³-hybridized carbons (Fsp3) is 0.385. The molecule has 1 heterocycles. The molecule has 1 fully saturated rings. The average Bonchev–Trinajstić information content (AvgIpc) is 2.78. The van der Waals surface area contributed by atoms with Crippen molar-refractivity contribution in [3.05, 3.63) is 88.3 Å². The highest BCUT2D eigenvalue weighted by molar-refractivity contribution is 5.65. The molecule has 1 aliphatic rings. The van der Waals surface area contributed by atoms with E-state index in [4.69, 9.17) is 4.74 Å². The van der Waals surface area contributed by atoms with Gasteiger partial charge >= 0.3 is 0 Å². The monoisotopic (exact) mass is 442 g/mol. The lowest BCUT2D eigenvalue weighted by atomic mass is 9.89. The molecule has 0 saturated carbocycles. The standard InChI is InChI=1S/C26H31FO5/c1-15(4-5-16(2)18-8-10-21(27)11-9-18)12-20-13-19(7-6-17(20)3)26-25(31)24(30)23(29)22(14-28)32-26/h4-11,13,22-26,28-31H,12,14H2,1-3H3/b15-4+,16-5+/t22-,23-,24+,25-,26+/m1/s1. The van der Waals surface area contributed by atoms with Crippen LogP contribution in [-0.4, -0.2) is 51.4 Å². The van der Waals surface area contributed by atoms with Gasteiger partial charge in [-0.2, -0.15) is 0 Å². The number of halogens is 1. The van der Waals surface area contributed by atoms with E-state index in [1.807, 2.05) is 51.1 Å². The fourth-order valence-corrected chi connectivity index (χ4v) is 3.87. The number of rotatable bonds is 6. The summed E-state index contributed by atoms with van der Waals surface area (Å²) in [5.74, 6) is -0.261. The maximum Gasteiger partial charge on any atom is 0.123 e. The molecule has 0 aromatic heterocycles. The molecular weight excluding hydrogens is 411 g/mol. The molecule has 3 rings (SSSR count). The van der Waals surface area contributed by atoms with Gasteiger partial charge < -0.3 is 25.2 Å². The number of aliphatic hydroxyl groups excluding tert-OH is 4. The predicted molar refractivity (Wildman–Crippen MR) is 121 cm³/mol. The lowest BCUT2D eigenvalue weighted by molar-refractivity contribution is -0.231. The number of ether oxygens (including phenoxy) is 1. The zero-order valence-corrected chi connectivity index (χ0v) is 18.6. The van der Waals surface area contributed by atoms with Crippen LogP contribution in [0, 0.1) is 12.7 Å². The second-order valence-corrected chi connectivity index (χ2v) is 8.48. The minimum absolute atomic E-state index is 0.261. The Labute approximate surface area is 188 Å². The molecule has 2 aromatic rings. The number of allylic oxidation sites excluding steroid dienone is 4. The molecule has 6 heteroatoms. The summed E-state index contributed by atoms with van der Waals surface area (Å²) in [5, 5.41) is 40.0. The molecular formula is C26H31FO5. The van der Waals surface area contributed by atoms with Crippen LogP contribution in [0.3, 0.4) is 0 Å². The highest BCUT2D eigenvalue weighted by Crippen LogP contribution is 2.33. The van der Waals surface area contributed by atoms with Gasteiger partial charge in [0, 0.05) is 0 Å². The zero-order chi connectivity index (χ0) is 23.4. The van der Waals surface area contributed by atoms with Crippen LogP contribution < -0.4 is 0 Å². The van der Waals surface area contributed by atoms with E-state index in [-0.39, 0.29) is 5.82 Å². The molecule has 32 heavy (non-hydrogen) atoms. The van der Waals surface area contributed by atoms with Crippen molar-refractivity contribution in [3.8, 4) is 0 Å². The van der Waals surface area contributed by atoms with E-state index in [1.165, 1.54) is 12.1 Å². The van der Waals surface area contributed by atoms with Crippen LogP contribution in [0.1, 0.15) is 42.2 Å². The Hall–Kier alpha value is -2.35. The molecule has 172 valence electrons. The lowest BCUT2D eigenvalue weighted by Crippen LogP contribution is -2.55. The summed E-state index contributed by atoms with van der Waals surface area (Å²) >= 11 is 0. The van der Waals surface area contributed by atoms with Crippen molar-refractivity contribution in [2.24, 2.45) is 0 Å². The first kappa shape index (κ1) is 24.3. The first-order chi connectivity index (χ1) is 15.2. The quantitative estimate of drug-likeness (QED) is 0.516. The van der Waals surface area contributed by atoms with Gasteiger partial charge in [-0.25, -0.2) is 4.39 Å². The molecule has 1 saturated heterocycles. The molecule has 0 radical (unpaired) electrons. The van der Waals surface area contributed by atoms with E-state index >= 15 is 0 Å².